The number of aromatic nitrogens is 1. The van der Waals surface area contributed by atoms with Crippen LogP contribution in [0.15, 0.2) is 29.6 Å². The highest BCUT2D eigenvalue weighted by Crippen LogP contribution is 2.17. The molecule has 0 amide bonds. The van der Waals surface area contributed by atoms with Crippen LogP contribution in [0.25, 0.3) is 0 Å². The van der Waals surface area contributed by atoms with Crippen molar-refractivity contribution in [1.29, 1.82) is 0 Å². The van der Waals surface area contributed by atoms with Gasteiger partial charge in [0.25, 0.3) is 0 Å². The Labute approximate surface area is 142 Å². The lowest BCUT2D eigenvalue weighted by atomic mass is 10.2. The molecule has 0 N–H and O–H groups in total. The summed E-state index contributed by atoms with van der Waals surface area (Å²) in [6, 6.07) is 8.16. The van der Waals surface area contributed by atoms with Gasteiger partial charge in [0.2, 0.25) is 0 Å². The molecule has 2 aromatic rings. The number of hydrogen-bond donors (Lipinski definition) is 0. The van der Waals surface area contributed by atoms with E-state index in [4.69, 9.17) is 9.72 Å². The number of piperazine rings is 1. The van der Waals surface area contributed by atoms with Crippen LogP contribution >= 0.6 is 11.3 Å². The lowest BCUT2D eigenvalue weighted by molar-refractivity contribution is 0.131. The Morgan fingerprint density at radius 3 is 2.48 bits per heavy atom. The van der Waals surface area contributed by atoms with Crippen molar-refractivity contribution in [1.82, 2.24) is 14.8 Å². The maximum Gasteiger partial charge on any atom is 0.140 e. The molecule has 0 spiro atoms. The van der Waals surface area contributed by atoms with Gasteiger partial charge in [0.05, 0.1) is 5.69 Å². The molecule has 0 radical (unpaired) electrons. The second kappa shape index (κ2) is 7.90. The maximum atomic E-state index is 5.81. The average molecular weight is 331 g/mol. The van der Waals surface area contributed by atoms with Gasteiger partial charge >= 0.3 is 0 Å². The first-order valence-electron chi connectivity index (χ1n) is 8.30. The van der Waals surface area contributed by atoms with Crippen molar-refractivity contribution < 1.29 is 4.74 Å². The SMILES string of the molecule is CCN1CCN(Cc2csc(COc3ccc(C)cc3)n2)CC1. The zero-order valence-corrected chi connectivity index (χ0v) is 14.8. The normalized spacial score (nSPS) is 16.6. The Bertz CT molecular complexity index is 603. The van der Waals surface area contributed by atoms with Crippen molar-refractivity contribution >= 4 is 11.3 Å². The zero-order chi connectivity index (χ0) is 16.1. The van der Waals surface area contributed by atoms with E-state index in [0.717, 1.165) is 36.9 Å². The molecule has 0 bridgehead atoms. The summed E-state index contributed by atoms with van der Waals surface area (Å²) >= 11 is 1.69. The van der Waals surface area contributed by atoms with Crippen LogP contribution < -0.4 is 4.74 Å². The van der Waals surface area contributed by atoms with Crippen LogP contribution in [0, 0.1) is 6.92 Å². The molecule has 1 aromatic heterocycles. The largest absolute Gasteiger partial charge is 0.486 e. The molecule has 23 heavy (non-hydrogen) atoms. The second-order valence-corrected chi connectivity index (χ2v) is 6.99. The van der Waals surface area contributed by atoms with Crippen LogP contribution in [-0.2, 0) is 13.2 Å². The second-order valence-electron chi connectivity index (χ2n) is 6.04. The molecule has 1 aliphatic heterocycles. The van der Waals surface area contributed by atoms with Crippen LogP contribution in [0.5, 0.6) is 5.75 Å². The molecule has 0 saturated carbocycles. The number of ether oxygens (including phenoxy) is 1. The number of aryl methyl sites for hydroxylation is 1. The van der Waals surface area contributed by atoms with Crippen LogP contribution in [0.2, 0.25) is 0 Å². The summed E-state index contributed by atoms with van der Waals surface area (Å²) in [6.07, 6.45) is 0. The van der Waals surface area contributed by atoms with E-state index >= 15 is 0 Å². The molecule has 1 saturated heterocycles. The third-order valence-corrected chi connectivity index (χ3v) is 5.15. The summed E-state index contributed by atoms with van der Waals surface area (Å²) in [5.74, 6) is 0.906. The fraction of sp³-hybridized carbons (Fsp3) is 0.500. The Morgan fingerprint density at radius 2 is 1.78 bits per heavy atom. The first-order valence-corrected chi connectivity index (χ1v) is 9.18. The fourth-order valence-electron chi connectivity index (χ4n) is 2.76. The minimum atomic E-state index is 0.553. The third kappa shape index (κ3) is 4.77. The van der Waals surface area contributed by atoms with E-state index in [2.05, 4.69) is 41.2 Å². The monoisotopic (exact) mass is 331 g/mol. The number of thiazole rings is 1. The summed E-state index contributed by atoms with van der Waals surface area (Å²) in [6.45, 7) is 11.6. The van der Waals surface area contributed by atoms with Gasteiger partial charge in [-0.25, -0.2) is 4.98 Å². The summed E-state index contributed by atoms with van der Waals surface area (Å²) < 4.78 is 5.81. The predicted molar refractivity (Wildman–Crippen MR) is 95.0 cm³/mol. The van der Waals surface area contributed by atoms with Crippen molar-refractivity contribution in [3.05, 3.63) is 45.9 Å². The zero-order valence-electron chi connectivity index (χ0n) is 14.0. The van der Waals surface area contributed by atoms with E-state index in [0.29, 0.717) is 6.61 Å². The number of likely N-dealkylation sites (N-methyl/N-ethyl adjacent to an activating group) is 1. The highest BCUT2D eigenvalue weighted by Gasteiger charge is 2.16. The third-order valence-electron chi connectivity index (χ3n) is 4.28. The molecule has 0 atom stereocenters. The highest BCUT2D eigenvalue weighted by molar-refractivity contribution is 7.09. The number of benzene rings is 1. The molecule has 1 fully saturated rings. The number of nitrogens with zero attached hydrogens (tertiary/aromatic N) is 3. The standard InChI is InChI=1S/C18H25N3OS/c1-3-20-8-10-21(11-9-20)12-16-14-23-18(19-16)13-22-17-6-4-15(2)5-7-17/h4-7,14H,3,8-13H2,1-2H3. The van der Waals surface area contributed by atoms with Gasteiger partial charge in [-0.3, -0.25) is 4.90 Å². The molecular weight excluding hydrogens is 306 g/mol. The van der Waals surface area contributed by atoms with Crippen molar-refractivity contribution in [3.63, 3.8) is 0 Å². The fourth-order valence-corrected chi connectivity index (χ4v) is 3.46. The first-order chi connectivity index (χ1) is 11.2. The van der Waals surface area contributed by atoms with Gasteiger partial charge in [0.1, 0.15) is 17.4 Å². The summed E-state index contributed by atoms with van der Waals surface area (Å²) in [4.78, 5) is 9.70. The summed E-state index contributed by atoms with van der Waals surface area (Å²) in [5.41, 5.74) is 2.42. The number of hydrogen-bond acceptors (Lipinski definition) is 5. The van der Waals surface area contributed by atoms with Gasteiger partial charge in [-0.1, -0.05) is 24.6 Å². The Balaban J connectivity index is 1.47. The number of rotatable bonds is 6. The van der Waals surface area contributed by atoms with Crippen LogP contribution in [0.1, 0.15) is 23.2 Å². The summed E-state index contributed by atoms with van der Waals surface area (Å²) in [5, 5.41) is 3.22. The molecule has 1 aromatic carbocycles. The van der Waals surface area contributed by atoms with Crippen molar-refractivity contribution in [2.75, 3.05) is 32.7 Å². The topological polar surface area (TPSA) is 28.6 Å². The molecule has 3 rings (SSSR count). The van der Waals surface area contributed by atoms with Crippen molar-refractivity contribution in [2.24, 2.45) is 0 Å². The molecule has 1 aliphatic rings. The lowest BCUT2D eigenvalue weighted by Crippen LogP contribution is -2.45. The quantitative estimate of drug-likeness (QED) is 0.813. The molecule has 4 nitrogen and oxygen atoms in total. The van der Waals surface area contributed by atoms with Crippen molar-refractivity contribution in [3.8, 4) is 5.75 Å². The Hall–Kier alpha value is -1.43. The smallest absolute Gasteiger partial charge is 0.140 e. The minimum Gasteiger partial charge on any atom is -0.486 e. The molecule has 0 aliphatic carbocycles. The van der Waals surface area contributed by atoms with Crippen molar-refractivity contribution in [2.45, 2.75) is 27.0 Å². The Morgan fingerprint density at radius 1 is 1.09 bits per heavy atom. The van der Waals surface area contributed by atoms with Crippen LogP contribution in [-0.4, -0.2) is 47.5 Å². The van der Waals surface area contributed by atoms with E-state index in [9.17, 15) is 0 Å². The first kappa shape index (κ1) is 16.4. The molecule has 0 unspecified atom stereocenters. The van der Waals surface area contributed by atoms with Gasteiger partial charge in [0.15, 0.2) is 0 Å². The van der Waals surface area contributed by atoms with E-state index in [1.807, 2.05) is 12.1 Å². The van der Waals surface area contributed by atoms with Gasteiger partial charge in [-0.2, -0.15) is 0 Å². The van der Waals surface area contributed by atoms with Gasteiger partial charge < -0.3 is 9.64 Å². The summed E-state index contributed by atoms with van der Waals surface area (Å²) in [7, 11) is 0. The van der Waals surface area contributed by atoms with E-state index in [-0.39, 0.29) is 0 Å². The van der Waals surface area contributed by atoms with Gasteiger partial charge in [-0.05, 0) is 25.6 Å². The van der Waals surface area contributed by atoms with E-state index in [1.54, 1.807) is 11.3 Å². The molecule has 2 heterocycles. The molecule has 5 heteroatoms. The van der Waals surface area contributed by atoms with Crippen LogP contribution in [0.3, 0.4) is 0 Å². The molecular formula is C18H25N3OS. The van der Waals surface area contributed by atoms with Gasteiger partial charge in [-0.15, -0.1) is 11.3 Å². The molecule has 124 valence electrons. The highest BCUT2D eigenvalue weighted by atomic mass is 32.1. The van der Waals surface area contributed by atoms with E-state index < -0.39 is 0 Å². The van der Waals surface area contributed by atoms with Crippen LogP contribution in [0.4, 0.5) is 0 Å². The maximum absolute atomic E-state index is 5.81. The minimum absolute atomic E-state index is 0.553. The van der Waals surface area contributed by atoms with E-state index in [1.165, 1.54) is 24.3 Å². The van der Waals surface area contributed by atoms with Gasteiger partial charge in [0, 0.05) is 38.1 Å². The average Bonchev–Trinajstić information content (AvgIpc) is 3.02. The Kier molecular flexibility index (Phi) is 5.65. The lowest BCUT2D eigenvalue weighted by Gasteiger charge is -2.33. The predicted octanol–water partition coefficient (Wildman–Crippen LogP) is 3.17.